The van der Waals surface area contributed by atoms with Crippen LogP contribution in [-0.2, 0) is 14.4 Å². The van der Waals surface area contributed by atoms with Gasteiger partial charge in [0.15, 0.2) is 0 Å². The molecule has 1 aromatic rings. The van der Waals surface area contributed by atoms with Crippen LogP contribution in [0.3, 0.4) is 0 Å². The Kier molecular flexibility index (Phi) is 5.06. The smallest absolute Gasteiger partial charge is 0.306 e. The molecule has 3 rings (SSSR count). The van der Waals surface area contributed by atoms with Gasteiger partial charge in [0.2, 0.25) is 11.8 Å². The minimum absolute atomic E-state index is 0.0546. The Morgan fingerprint density at radius 1 is 1.12 bits per heavy atom. The number of carboxylic acid groups (broad SMARTS) is 1. The molecule has 2 fully saturated rings. The first-order chi connectivity index (χ1) is 12.0. The highest BCUT2D eigenvalue weighted by atomic mass is 16.4. The summed E-state index contributed by atoms with van der Waals surface area (Å²) in [7, 11) is 1.67. The third kappa shape index (κ3) is 3.52. The lowest BCUT2D eigenvalue weighted by molar-refractivity contribution is -0.143. The number of amides is 2. The average molecular weight is 344 g/mol. The molecule has 2 aliphatic rings. The molecule has 1 aromatic carbocycles. The van der Waals surface area contributed by atoms with Crippen LogP contribution in [0.5, 0.6) is 0 Å². The van der Waals surface area contributed by atoms with Gasteiger partial charge < -0.3 is 14.9 Å². The van der Waals surface area contributed by atoms with Crippen molar-refractivity contribution >= 4 is 23.5 Å². The van der Waals surface area contributed by atoms with Gasteiger partial charge in [-0.2, -0.15) is 0 Å². The van der Waals surface area contributed by atoms with Crippen LogP contribution in [0, 0.1) is 11.8 Å². The van der Waals surface area contributed by atoms with Crippen molar-refractivity contribution in [2.75, 3.05) is 18.5 Å². The number of anilines is 1. The van der Waals surface area contributed by atoms with Crippen molar-refractivity contribution in [1.29, 1.82) is 0 Å². The van der Waals surface area contributed by atoms with Crippen molar-refractivity contribution in [3.05, 3.63) is 30.3 Å². The Hall–Kier alpha value is -2.37. The number of hydrogen-bond acceptors (Lipinski definition) is 3. The fourth-order valence-corrected chi connectivity index (χ4v) is 3.95. The maximum absolute atomic E-state index is 12.9. The average Bonchev–Trinajstić information content (AvgIpc) is 3.12. The first-order valence-electron chi connectivity index (χ1n) is 8.85. The second kappa shape index (κ2) is 7.25. The van der Waals surface area contributed by atoms with Crippen molar-refractivity contribution in [3.63, 3.8) is 0 Å². The fraction of sp³-hybridized carbons (Fsp3) is 0.526. The Balaban J connectivity index is 1.69. The van der Waals surface area contributed by atoms with E-state index in [9.17, 15) is 14.4 Å². The standard InChI is InChI=1S/C19H24N2O4/c1-20(17(22)13-9-10-14(12-13)19(24)25)16-8-5-11-21(18(16)23)15-6-3-2-4-7-15/h2-4,6-7,13-14,16H,5,8-12H2,1H3,(H,24,25)/t13-,14+,16-/m1/s1. The summed E-state index contributed by atoms with van der Waals surface area (Å²) in [6.07, 6.45) is 2.99. The molecule has 1 N–H and O–H groups in total. The Morgan fingerprint density at radius 2 is 1.80 bits per heavy atom. The van der Waals surface area contributed by atoms with Crippen molar-refractivity contribution in [2.45, 2.75) is 38.1 Å². The van der Waals surface area contributed by atoms with Crippen LogP contribution >= 0.6 is 0 Å². The predicted molar refractivity (Wildman–Crippen MR) is 93.1 cm³/mol. The Bertz CT molecular complexity index is 661. The molecule has 1 heterocycles. The van der Waals surface area contributed by atoms with Crippen LogP contribution in [0.15, 0.2) is 30.3 Å². The number of nitrogens with zero attached hydrogens (tertiary/aromatic N) is 2. The van der Waals surface area contributed by atoms with E-state index >= 15 is 0 Å². The number of rotatable bonds is 4. The van der Waals surface area contributed by atoms with Gasteiger partial charge in [-0.15, -0.1) is 0 Å². The van der Waals surface area contributed by atoms with Crippen molar-refractivity contribution in [2.24, 2.45) is 11.8 Å². The van der Waals surface area contributed by atoms with E-state index in [0.29, 0.717) is 32.2 Å². The normalized spacial score (nSPS) is 26.5. The number of carbonyl (C=O) groups is 3. The first-order valence-corrected chi connectivity index (χ1v) is 8.85. The topological polar surface area (TPSA) is 77.9 Å². The highest BCUT2D eigenvalue weighted by Crippen LogP contribution is 2.33. The molecule has 134 valence electrons. The molecule has 1 aliphatic heterocycles. The number of benzene rings is 1. The van der Waals surface area contributed by atoms with Crippen molar-refractivity contribution in [3.8, 4) is 0 Å². The van der Waals surface area contributed by atoms with Gasteiger partial charge in [-0.25, -0.2) is 0 Å². The highest BCUT2D eigenvalue weighted by Gasteiger charge is 2.40. The molecule has 0 radical (unpaired) electrons. The van der Waals surface area contributed by atoms with Crippen LogP contribution in [0.1, 0.15) is 32.1 Å². The van der Waals surface area contributed by atoms with Gasteiger partial charge in [0.1, 0.15) is 6.04 Å². The Labute approximate surface area is 147 Å². The number of likely N-dealkylation sites (N-methyl/N-ethyl adjacent to an activating group) is 1. The second-order valence-corrected chi connectivity index (χ2v) is 6.98. The van der Waals surface area contributed by atoms with E-state index in [2.05, 4.69) is 0 Å². The summed E-state index contributed by atoms with van der Waals surface area (Å²) in [6, 6.07) is 9.03. The van der Waals surface area contributed by atoms with E-state index in [1.807, 2.05) is 30.3 Å². The maximum Gasteiger partial charge on any atom is 0.306 e. The van der Waals surface area contributed by atoms with Gasteiger partial charge in [0.25, 0.3) is 0 Å². The summed E-state index contributed by atoms with van der Waals surface area (Å²) in [5.74, 6) is -1.71. The highest BCUT2D eigenvalue weighted by molar-refractivity contribution is 6.00. The lowest BCUT2D eigenvalue weighted by atomic mass is 9.99. The van der Waals surface area contributed by atoms with Gasteiger partial charge in [-0.05, 0) is 44.2 Å². The van der Waals surface area contributed by atoms with Gasteiger partial charge in [-0.1, -0.05) is 18.2 Å². The van der Waals surface area contributed by atoms with Crippen LogP contribution < -0.4 is 4.90 Å². The summed E-state index contributed by atoms with van der Waals surface area (Å²) < 4.78 is 0. The predicted octanol–water partition coefficient (Wildman–Crippen LogP) is 2.14. The number of hydrogen-bond donors (Lipinski definition) is 1. The van der Waals surface area contributed by atoms with Crippen LogP contribution in [0.25, 0.3) is 0 Å². The molecular formula is C19H24N2O4. The zero-order valence-corrected chi connectivity index (χ0v) is 14.4. The number of carbonyl (C=O) groups excluding carboxylic acids is 2. The Morgan fingerprint density at radius 3 is 2.44 bits per heavy atom. The molecule has 2 amide bonds. The van der Waals surface area contributed by atoms with E-state index in [4.69, 9.17) is 5.11 Å². The molecule has 0 unspecified atom stereocenters. The third-order valence-corrected chi connectivity index (χ3v) is 5.42. The summed E-state index contributed by atoms with van der Waals surface area (Å²) in [4.78, 5) is 40.1. The van der Waals surface area contributed by atoms with Gasteiger partial charge in [0.05, 0.1) is 5.92 Å². The van der Waals surface area contributed by atoms with E-state index in [1.165, 1.54) is 0 Å². The molecule has 25 heavy (non-hydrogen) atoms. The first kappa shape index (κ1) is 17.5. The number of carboxylic acids is 1. The quantitative estimate of drug-likeness (QED) is 0.908. The van der Waals surface area contributed by atoms with E-state index < -0.39 is 17.9 Å². The lowest BCUT2D eigenvalue weighted by Gasteiger charge is -2.37. The van der Waals surface area contributed by atoms with Gasteiger partial charge in [0, 0.05) is 25.2 Å². The summed E-state index contributed by atoms with van der Waals surface area (Å²) in [5, 5.41) is 9.12. The minimum Gasteiger partial charge on any atom is -0.481 e. The van der Waals surface area contributed by atoms with Crippen LogP contribution in [0.4, 0.5) is 5.69 Å². The number of aliphatic carboxylic acids is 1. The lowest BCUT2D eigenvalue weighted by Crippen LogP contribution is -2.54. The molecule has 6 nitrogen and oxygen atoms in total. The molecule has 1 saturated heterocycles. The molecule has 0 aromatic heterocycles. The molecule has 1 aliphatic carbocycles. The van der Waals surface area contributed by atoms with E-state index in [-0.39, 0.29) is 17.7 Å². The third-order valence-electron chi connectivity index (χ3n) is 5.42. The molecule has 6 heteroatoms. The molecule has 1 saturated carbocycles. The SMILES string of the molecule is CN(C(=O)[C@@H]1CC[C@H](C(=O)O)C1)[C@@H]1CCCN(c2ccccc2)C1=O. The van der Waals surface area contributed by atoms with Gasteiger partial charge in [-0.3, -0.25) is 14.4 Å². The van der Waals surface area contributed by atoms with E-state index in [1.54, 1.807) is 16.8 Å². The summed E-state index contributed by atoms with van der Waals surface area (Å²) >= 11 is 0. The van der Waals surface area contributed by atoms with E-state index in [0.717, 1.165) is 12.1 Å². The molecule has 0 bridgehead atoms. The number of para-hydroxylation sites is 1. The second-order valence-electron chi connectivity index (χ2n) is 6.98. The summed E-state index contributed by atoms with van der Waals surface area (Å²) in [6.45, 7) is 0.659. The number of piperidine rings is 1. The fourth-order valence-electron chi connectivity index (χ4n) is 3.95. The monoisotopic (exact) mass is 344 g/mol. The minimum atomic E-state index is -0.832. The van der Waals surface area contributed by atoms with Crippen LogP contribution in [0.2, 0.25) is 0 Å². The molecule has 3 atom stereocenters. The molecule has 0 spiro atoms. The van der Waals surface area contributed by atoms with Crippen molar-refractivity contribution < 1.29 is 19.5 Å². The maximum atomic E-state index is 12.9. The van der Waals surface area contributed by atoms with Gasteiger partial charge >= 0.3 is 5.97 Å². The summed E-state index contributed by atoms with van der Waals surface area (Å²) in [5.41, 5.74) is 0.852. The van der Waals surface area contributed by atoms with Crippen LogP contribution in [-0.4, -0.2) is 47.4 Å². The zero-order chi connectivity index (χ0) is 18.0. The largest absolute Gasteiger partial charge is 0.481 e. The van der Waals surface area contributed by atoms with Crippen molar-refractivity contribution in [1.82, 2.24) is 4.90 Å². The zero-order valence-electron chi connectivity index (χ0n) is 14.4. The molecular weight excluding hydrogens is 320 g/mol.